The number of esters is 1. The van der Waals surface area contributed by atoms with Gasteiger partial charge in [-0.15, -0.1) is 0 Å². The van der Waals surface area contributed by atoms with Crippen LogP contribution in [0.1, 0.15) is 39.0 Å². The lowest BCUT2D eigenvalue weighted by molar-refractivity contribution is -0.143. The quantitative estimate of drug-likeness (QED) is 0.137. The van der Waals surface area contributed by atoms with Crippen molar-refractivity contribution >= 4 is 34.5 Å². The van der Waals surface area contributed by atoms with E-state index in [0.717, 1.165) is 22.8 Å². The number of nitrogens with zero attached hydrogens (tertiary/aromatic N) is 1. The van der Waals surface area contributed by atoms with Gasteiger partial charge in [-0.3, -0.25) is 9.78 Å². The van der Waals surface area contributed by atoms with Crippen molar-refractivity contribution < 1.29 is 32.2 Å². The highest BCUT2D eigenvalue weighted by Crippen LogP contribution is 2.39. The Labute approximate surface area is 275 Å². The normalized spacial score (nSPS) is 12.0. The SMILES string of the molecule is COC(=O)C(CCSC)NC(=O)c1cccc(COc2cccc(-c3c(Cc4ccccc4)cnc4c(C(F)(F)F)cccc34)c2)c1. The van der Waals surface area contributed by atoms with Crippen LogP contribution in [0.4, 0.5) is 13.2 Å². The van der Waals surface area contributed by atoms with E-state index in [1.807, 2.05) is 48.7 Å². The predicted octanol–water partition coefficient (Wildman–Crippen LogP) is 8.11. The Hall–Kier alpha value is -4.83. The van der Waals surface area contributed by atoms with Gasteiger partial charge in [0.2, 0.25) is 0 Å². The first-order valence-corrected chi connectivity index (χ1v) is 16.3. The molecule has 1 unspecified atom stereocenters. The number of methoxy groups -OCH3 is 1. The second-order valence-corrected chi connectivity index (χ2v) is 11.9. The van der Waals surface area contributed by atoms with Crippen molar-refractivity contribution in [2.45, 2.75) is 31.7 Å². The van der Waals surface area contributed by atoms with Gasteiger partial charge in [-0.2, -0.15) is 24.9 Å². The Morgan fingerprint density at radius 3 is 2.40 bits per heavy atom. The van der Waals surface area contributed by atoms with Crippen molar-refractivity contribution in [1.82, 2.24) is 10.3 Å². The zero-order chi connectivity index (χ0) is 33.4. The molecule has 1 aromatic heterocycles. The van der Waals surface area contributed by atoms with Crippen molar-refractivity contribution in [3.05, 3.63) is 131 Å². The van der Waals surface area contributed by atoms with Crippen molar-refractivity contribution in [2.24, 2.45) is 0 Å². The molecule has 242 valence electrons. The number of rotatable bonds is 12. The molecule has 1 N–H and O–H groups in total. The van der Waals surface area contributed by atoms with Gasteiger partial charge in [-0.05, 0) is 83.0 Å². The maximum Gasteiger partial charge on any atom is 0.418 e. The molecule has 4 aromatic carbocycles. The molecule has 0 bridgehead atoms. The van der Waals surface area contributed by atoms with Gasteiger partial charge in [0, 0.05) is 17.1 Å². The number of fused-ring (bicyclic) bond motifs is 1. The third-order valence-electron chi connectivity index (χ3n) is 7.64. The minimum atomic E-state index is -4.56. The Morgan fingerprint density at radius 1 is 0.915 bits per heavy atom. The number of para-hydroxylation sites is 1. The summed E-state index contributed by atoms with van der Waals surface area (Å²) in [5.74, 6) is 0.275. The lowest BCUT2D eigenvalue weighted by Gasteiger charge is -2.17. The minimum Gasteiger partial charge on any atom is -0.489 e. The van der Waals surface area contributed by atoms with E-state index >= 15 is 0 Å². The predicted molar refractivity (Wildman–Crippen MR) is 178 cm³/mol. The van der Waals surface area contributed by atoms with Crippen LogP contribution in [0.3, 0.4) is 0 Å². The number of hydrogen-bond donors (Lipinski definition) is 1. The van der Waals surface area contributed by atoms with E-state index in [9.17, 15) is 22.8 Å². The van der Waals surface area contributed by atoms with Crippen molar-refractivity contribution in [3.8, 4) is 16.9 Å². The molecule has 0 radical (unpaired) electrons. The fraction of sp³-hybridized carbons (Fsp3) is 0.216. The molecular formula is C37H33F3N2O4S. The third kappa shape index (κ3) is 8.31. The number of benzene rings is 4. The molecular weight excluding hydrogens is 625 g/mol. The summed E-state index contributed by atoms with van der Waals surface area (Å²) in [6, 6.07) is 27.1. The summed E-state index contributed by atoms with van der Waals surface area (Å²) in [6.45, 7) is 0.129. The zero-order valence-electron chi connectivity index (χ0n) is 25.8. The molecule has 0 saturated heterocycles. The van der Waals surface area contributed by atoms with E-state index in [1.54, 1.807) is 54.2 Å². The van der Waals surface area contributed by atoms with Gasteiger partial charge in [0.1, 0.15) is 18.4 Å². The molecule has 5 rings (SSSR count). The summed E-state index contributed by atoms with van der Waals surface area (Å²) >= 11 is 1.57. The van der Waals surface area contributed by atoms with Gasteiger partial charge in [0.05, 0.1) is 18.2 Å². The lowest BCUT2D eigenvalue weighted by Crippen LogP contribution is -2.42. The summed E-state index contributed by atoms with van der Waals surface area (Å²) in [4.78, 5) is 29.4. The Morgan fingerprint density at radius 2 is 1.66 bits per heavy atom. The number of amides is 1. The molecule has 0 saturated carbocycles. The van der Waals surface area contributed by atoms with Crippen LogP contribution in [0.2, 0.25) is 0 Å². The van der Waals surface area contributed by atoms with E-state index in [2.05, 4.69) is 10.3 Å². The number of pyridine rings is 1. The number of carbonyl (C=O) groups is 2. The van der Waals surface area contributed by atoms with Gasteiger partial charge in [-0.1, -0.05) is 66.7 Å². The van der Waals surface area contributed by atoms with E-state index in [1.165, 1.54) is 19.4 Å². The first kappa shape index (κ1) is 33.5. The zero-order valence-corrected chi connectivity index (χ0v) is 26.7. The molecule has 0 fully saturated rings. The molecule has 0 aliphatic rings. The van der Waals surface area contributed by atoms with Crippen molar-refractivity contribution in [1.29, 1.82) is 0 Å². The molecule has 1 amide bonds. The highest BCUT2D eigenvalue weighted by molar-refractivity contribution is 7.98. The molecule has 5 aromatic rings. The topological polar surface area (TPSA) is 77.5 Å². The van der Waals surface area contributed by atoms with E-state index in [4.69, 9.17) is 9.47 Å². The Bertz CT molecular complexity index is 1860. The van der Waals surface area contributed by atoms with Crippen LogP contribution in [0.15, 0.2) is 103 Å². The van der Waals surface area contributed by atoms with Crippen LogP contribution >= 0.6 is 11.8 Å². The highest BCUT2D eigenvalue weighted by Gasteiger charge is 2.33. The van der Waals surface area contributed by atoms with Crippen LogP contribution in [0.25, 0.3) is 22.0 Å². The van der Waals surface area contributed by atoms with Crippen molar-refractivity contribution in [2.75, 3.05) is 19.1 Å². The number of thioether (sulfide) groups is 1. The first-order chi connectivity index (χ1) is 22.7. The number of alkyl halides is 3. The summed E-state index contributed by atoms with van der Waals surface area (Å²) in [7, 11) is 1.29. The molecule has 1 heterocycles. The summed E-state index contributed by atoms with van der Waals surface area (Å²) in [5, 5.41) is 3.15. The van der Waals surface area contributed by atoms with E-state index in [0.29, 0.717) is 46.4 Å². The van der Waals surface area contributed by atoms with Crippen molar-refractivity contribution in [3.63, 3.8) is 0 Å². The maximum atomic E-state index is 14.0. The molecule has 10 heteroatoms. The molecule has 47 heavy (non-hydrogen) atoms. The largest absolute Gasteiger partial charge is 0.489 e. The van der Waals surface area contributed by atoms with Crippen LogP contribution in [0.5, 0.6) is 5.75 Å². The standard InChI is InChI=1S/C37H33F3N2O4S/c1-45-36(44)32(17-18-47-2)42-35(43)27-13-6-11-25(20-27)23-46-29-14-7-12-26(21-29)33-28(19-24-9-4-3-5-10-24)22-41-34-30(33)15-8-16-31(34)37(38,39)40/h3-16,20-22,32H,17-19,23H2,1-2H3,(H,42,43). The second kappa shape index (κ2) is 15.2. The molecule has 6 nitrogen and oxygen atoms in total. The Kier molecular flexibility index (Phi) is 10.8. The van der Waals surface area contributed by atoms with Gasteiger partial charge < -0.3 is 14.8 Å². The molecule has 0 spiro atoms. The first-order valence-electron chi connectivity index (χ1n) is 14.9. The van der Waals surface area contributed by atoms with Gasteiger partial charge in [0.25, 0.3) is 5.91 Å². The average molecular weight is 659 g/mol. The van der Waals surface area contributed by atoms with Gasteiger partial charge in [-0.25, -0.2) is 4.79 Å². The number of ether oxygens (including phenoxy) is 2. The summed E-state index contributed by atoms with van der Waals surface area (Å²) < 4.78 is 52.8. The smallest absolute Gasteiger partial charge is 0.418 e. The second-order valence-electron chi connectivity index (χ2n) is 10.9. The molecule has 0 aliphatic heterocycles. The van der Waals surface area contributed by atoms with Crippen LogP contribution in [0, 0.1) is 0 Å². The highest BCUT2D eigenvalue weighted by atomic mass is 32.2. The lowest BCUT2D eigenvalue weighted by atomic mass is 9.92. The fourth-order valence-electron chi connectivity index (χ4n) is 5.36. The van der Waals surface area contributed by atoms with Crippen LogP contribution < -0.4 is 10.1 Å². The molecule has 1 atom stereocenters. The molecule has 0 aliphatic carbocycles. The number of nitrogens with one attached hydrogen (secondary N) is 1. The number of aromatic nitrogens is 1. The fourth-order valence-corrected chi connectivity index (χ4v) is 5.83. The van der Waals surface area contributed by atoms with E-state index in [-0.39, 0.29) is 12.1 Å². The van der Waals surface area contributed by atoms with Crippen LogP contribution in [-0.2, 0) is 28.7 Å². The minimum absolute atomic E-state index is 0.115. The number of halogens is 3. The van der Waals surface area contributed by atoms with Crippen LogP contribution in [-0.4, -0.2) is 42.0 Å². The Balaban J connectivity index is 1.42. The number of carbonyl (C=O) groups excluding carboxylic acids is 2. The van der Waals surface area contributed by atoms with Gasteiger partial charge in [0.15, 0.2) is 0 Å². The number of hydrogen-bond acceptors (Lipinski definition) is 6. The average Bonchev–Trinajstić information content (AvgIpc) is 3.08. The monoisotopic (exact) mass is 658 g/mol. The summed E-state index contributed by atoms with van der Waals surface area (Å²) in [6.07, 6.45) is -0.201. The maximum absolute atomic E-state index is 14.0. The third-order valence-corrected chi connectivity index (χ3v) is 8.28. The van der Waals surface area contributed by atoms with E-state index < -0.39 is 29.7 Å². The van der Waals surface area contributed by atoms with Gasteiger partial charge >= 0.3 is 12.1 Å². The summed E-state index contributed by atoms with van der Waals surface area (Å²) in [5.41, 5.74) is 3.30.